The Morgan fingerprint density at radius 2 is 1.90 bits per heavy atom. The number of ether oxygens (including phenoxy) is 1. The second-order valence-corrected chi connectivity index (χ2v) is 7.63. The summed E-state index contributed by atoms with van der Waals surface area (Å²) in [5.41, 5.74) is 3.02. The largest absolute Gasteiger partial charge is 0.497 e. The Hall–Kier alpha value is -3.21. The molecule has 1 aliphatic rings. The average Bonchev–Trinajstić information content (AvgIpc) is 2.80. The summed E-state index contributed by atoms with van der Waals surface area (Å²) in [6.07, 6.45) is 2.28. The number of likely N-dealkylation sites (tertiary alicyclic amines) is 1. The first-order valence-corrected chi connectivity index (χ1v) is 10.3. The van der Waals surface area contributed by atoms with Crippen LogP contribution in [0, 0.1) is 5.82 Å². The summed E-state index contributed by atoms with van der Waals surface area (Å²) in [5.74, 6) is 0.785. The fourth-order valence-corrected chi connectivity index (χ4v) is 3.97. The van der Waals surface area contributed by atoms with E-state index in [1.165, 1.54) is 6.07 Å². The Kier molecular flexibility index (Phi) is 6.07. The van der Waals surface area contributed by atoms with E-state index in [4.69, 9.17) is 9.72 Å². The Morgan fingerprint density at radius 3 is 2.67 bits per heavy atom. The molecule has 2 heterocycles. The molecule has 0 aliphatic carbocycles. The predicted octanol–water partition coefficient (Wildman–Crippen LogP) is 4.85. The van der Waals surface area contributed by atoms with Crippen LogP contribution in [0.3, 0.4) is 0 Å². The van der Waals surface area contributed by atoms with E-state index >= 15 is 0 Å². The van der Waals surface area contributed by atoms with E-state index in [2.05, 4.69) is 0 Å². The topological polar surface area (TPSA) is 42.4 Å². The Balaban J connectivity index is 1.46. The van der Waals surface area contributed by atoms with Crippen LogP contribution in [-0.4, -0.2) is 36.0 Å². The van der Waals surface area contributed by atoms with Crippen molar-refractivity contribution in [3.8, 4) is 17.0 Å². The summed E-state index contributed by atoms with van der Waals surface area (Å²) in [6, 6.07) is 20.0. The number of hydrogen-bond acceptors (Lipinski definition) is 3. The number of aromatic nitrogens is 1. The lowest BCUT2D eigenvalue weighted by molar-refractivity contribution is -0.131. The number of halogens is 1. The van der Waals surface area contributed by atoms with Gasteiger partial charge in [-0.25, -0.2) is 4.39 Å². The van der Waals surface area contributed by atoms with Crippen LogP contribution in [0.2, 0.25) is 0 Å². The summed E-state index contributed by atoms with van der Waals surface area (Å²) in [7, 11) is 1.63. The normalized spacial score (nSPS) is 16.3. The van der Waals surface area contributed by atoms with Gasteiger partial charge in [0.1, 0.15) is 11.6 Å². The molecule has 5 heteroatoms. The first-order chi connectivity index (χ1) is 14.6. The number of hydrogen-bond donors (Lipinski definition) is 0. The van der Waals surface area contributed by atoms with Crippen molar-refractivity contribution in [1.29, 1.82) is 0 Å². The summed E-state index contributed by atoms with van der Waals surface area (Å²) >= 11 is 0. The number of carbonyl (C=O) groups excluding carboxylic acids is 1. The van der Waals surface area contributed by atoms with Crippen LogP contribution in [0.25, 0.3) is 11.3 Å². The second-order valence-electron chi connectivity index (χ2n) is 7.63. The highest BCUT2D eigenvalue weighted by Gasteiger charge is 2.26. The molecule has 1 amide bonds. The first kappa shape index (κ1) is 20.1. The van der Waals surface area contributed by atoms with Crippen LogP contribution in [-0.2, 0) is 11.2 Å². The number of benzene rings is 2. The monoisotopic (exact) mass is 404 g/mol. The third kappa shape index (κ3) is 4.51. The lowest BCUT2D eigenvalue weighted by Gasteiger charge is -2.32. The van der Waals surface area contributed by atoms with Crippen LogP contribution in [0.15, 0.2) is 66.7 Å². The maximum absolute atomic E-state index is 14.2. The number of methoxy groups -OCH3 is 1. The minimum atomic E-state index is -0.276. The summed E-state index contributed by atoms with van der Waals surface area (Å²) < 4.78 is 19.3. The Labute approximate surface area is 176 Å². The third-order valence-electron chi connectivity index (χ3n) is 5.63. The molecule has 1 atom stereocenters. The molecule has 0 unspecified atom stereocenters. The van der Waals surface area contributed by atoms with Crippen molar-refractivity contribution in [3.05, 3.63) is 83.8 Å². The van der Waals surface area contributed by atoms with Gasteiger partial charge in [-0.1, -0.05) is 30.3 Å². The molecule has 3 aromatic rings. The quantitative estimate of drug-likeness (QED) is 0.611. The van der Waals surface area contributed by atoms with Gasteiger partial charge in [0, 0.05) is 30.3 Å². The van der Waals surface area contributed by atoms with Gasteiger partial charge >= 0.3 is 0 Å². The van der Waals surface area contributed by atoms with Crippen molar-refractivity contribution in [2.45, 2.75) is 25.2 Å². The molecule has 2 aromatic carbocycles. The third-order valence-corrected chi connectivity index (χ3v) is 5.63. The highest BCUT2D eigenvalue weighted by Crippen LogP contribution is 2.29. The van der Waals surface area contributed by atoms with E-state index in [9.17, 15) is 9.18 Å². The summed E-state index contributed by atoms with van der Waals surface area (Å²) in [6.45, 7) is 1.40. The highest BCUT2D eigenvalue weighted by molar-refractivity contribution is 5.79. The zero-order valence-electron chi connectivity index (χ0n) is 17.1. The Bertz CT molecular complexity index is 1020. The lowest BCUT2D eigenvalue weighted by Crippen LogP contribution is -2.40. The van der Waals surface area contributed by atoms with Gasteiger partial charge in [-0.15, -0.1) is 0 Å². The van der Waals surface area contributed by atoms with Crippen LogP contribution >= 0.6 is 0 Å². The van der Waals surface area contributed by atoms with Gasteiger partial charge in [0.2, 0.25) is 5.91 Å². The van der Waals surface area contributed by atoms with E-state index in [0.29, 0.717) is 24.2 Å². The van der Waals surface area contributed by atoms with Crippen molar-refractivity contribution in [1.82, 2.24) is 9.88 Å². The molecule has 0 bridgehead atoms. The zero-order valence-corrected chi connectivity index (χ0v) is 17.1. The van der Waals surface area contributed by atoms with E-state index < -0.39 is 0 Å². The van der Waals surface area contributed by atoms with Crippen molar-refractivity contribution < 1.29 is 13.9 Å². The molecule has 1 aliphatic heterocycles. The maximum atomic E-state index is 14.2. The molecule has 1 fully saturated rings. The van der Waals surface area contributed by atoms with E-state index in [1.807, 2.05) is 53.4 Å². The number of rotatable bonds is 5. The number of nitrogens with zero attached hydrogens (tertiary/aromatic N) is 2. The van der Waals surface area contributed by atoms with Gasteiger partial charge in [-0.05, 0) is 54.8 Å². The number of pyridine rings is 1. The first-order valence-electron chi connectivity index (χ1n) is 10.3. The molecule has 4 rings (SSSR count). The average molecular weight is 404 g/mol. The summed E-state index contributed by atoms with van der Waals surface area (Å²) in [5, 5.41) is 0. The van der Waals surface area contributed by atoms with Crippen molar-refractivity contribution >= 4 is 5.91 Å². The van der Waals surface area contributed by atoms with Crippen LogP contribution in [0.5, 0.6) is 5.75 Å². The highest BCUT2D eigenvalue weighted by atomic mass is 19.1. The van der Waals surface area contributed by atoms with Crippen LogP contribution < -0.4 is 4.74 Å². The molecule has 30 heavy (non-hydrogen) atoms. The molecular formula is C25H25FN2O2. The lowest BCUT2D eigenvalue weighted by atomic mass is 9.93. The number of carbonyl (C=O) groups is 1. The maximum Gasteiger partial charge on any atom is 0.227 e. The molecule has 0 saturated carbocycles. The molecule has 1 aromatic heterocycles. The van der Waals surface area contributed by atoms with Gasteiger partial charge in [0.25, 0.3) is 0 Å². The number of piperidine rings is 1. The van der Waals surface area contributed by atoms with Crippen molar-refractivity contribution in [3.63, 3.8) is 0 Å². The zero-order chi connectivity index (χ0) is 20.9. The van der Waals surface area contributed by atoms with E-state index in [1.54, 1.807) is 19.2 Å². The van der Waals surface area contributed by atoms with Crippen LogP contribution in [0.4, 0.5) is 4.39 Å². The second kappa shape index (κ2) is 9.08. The number of amides is 1. The summed E-state index contributed by atoms with van der Waals surface area (Å²) in [4.78, 5) is 19.5. The fraction of sp³-hybridized carbons (Fsp3) is 0.280. The molecule has 0 radical (unpaired) electrons. The molecule has 4 nitrogen and oxygen atoms in total. The van der Waals surface area contributed by atoms with Gasteiger partial charge in [0.05, 0.1) is 19.2 Å². The van der Waals surface area contributed by atoms with Gasteiger partial charge in [-0.3, -0.25) is 9.78 Å². The van der Waals surface area contributed by atoms with Gasteiger partial charge in [-0.2, -0.15) is 0 Å². The van der Waals surface area contributed by atoms with Crippen LogP contribution in [0.1, 0.15) is 30.0 Å². The molecule has 0 N–H and O–H groups in total. The standard InChI is InChI=1S/C25H25FN2O2/c1-30-20-13-11-18(12-14-20)16-25(29)28-15-5-6-19(17-28)23-9-4-10-24(27-23)21-7-2-3-8-22(21)26/h2-4,7-14,19H,5-6,15-17H2,1H3/t19-/m1/s1. The van der Waals surface area contributed by atoms with Gasteiger partial charge < -0.3 is 9.64 Å². The van der Waals surface area contributed by atoms with Crippen molar-refractivity contribution in [2.75, 3.05) is 20.2 Å². The minimum Gasteiger partial charge on any atom is -0.497 e. The van der Waals surface area contributed by atoms with E-state index in [0.717, 1.165) is 36.4 Å². The SMILES string of the molecule is COc1ccc(CC(=O)N2CCC[C@@H](c3cccc(-c4ccccc4F)n3)C2)cc1. The fourth-order valence-electron chi connectivity index (χ4n) is 3.97. The smallest absolute Gasteiger partial charge is 0.227 e. The van der Waals surface area contributed by atoms with E-state index in [-0.39, 0.29) is 17.6 Å². The molecule has 0 spiro atoms. The molecule has 154 valence electrons. The molecular weight excluding hydrogens is 379 g/mol. The predicted molar refractivity (Wildman–Crippen MR) is 115 cm³/mol. The van der Waals surface area contributed by atoms with Crippen molar-refractivity contribution in [2.24, 2.45) is 0 Å². The molecule has 1 saturated heterocycles. The Morgan fingerprint density at radius 1 is 1.10 bits per heavy atom. The van der Waals surface area contributed by atoms with Gasteiger partial charge in [0.15, 0.2) is 0 Å². The minimum absolute atomic E-state index is 0.120.